The molecule has 2 N–H and O–H groups in total. The van der Waals surface area contributed by atoms with E-state index in [2.05, 4.69) is 24.5 Å². The van der Waals surface area contributed by atoms with Crippen LogP contribution in [0.4, 0.5) is 0 Å². The predicted molar refractivity (Wildman–Crippen MR) is 63.2 cm³/mol. The maximum Gasteiger partial charge on any atom is 0.284 e. The Morgan fingerprint density at radius 1 is 1.56 bits per heavy atom. The van der Waals surface area contributed by atoms with Crippen LogP contribution in [0.3, 0.4) is 0 Å². The van der Waals surface area contributed by atoms with Gasteiger partial charge in [0.05, 0.1) is 0 Å². The van der Waals surface area contributed by atoms with Crippen LogP contribution in [0.15, 0.2) is 0 Å². The molecule has 0 saturated carbocycles. The van der Waals surface area contributed by atoms with Crippen LogP contribution < -0.4 is 10.6 Å². The number of nitrogens with one attached hydrogen (secondary N) is 2. The van der Waals surface area contributed by atoms with Gasteiger partial charge in [0.25, 0.3) is 5.91 Å². The molecule has 1 amide bonds. The monoisotopic (exact) mass is 226 g/mol. The minimum Gasteiger partial charge on any atom is -0.347 e. The van der Waals surface area contributed by atoms with Gasteiger partial charge in [0.15, 0.2) is 0 Å². The molecular formula is C12H22N2O2. The Morgan fingerprint density at radius 2 is 2.31 bits per heavy atom. The van der Waals surface area contributed by atoms with Gasteiger partial charge in [-0.25, -0.2) is 0 Å². The maximum atomic E-state index is 11.0. The molecule has 4 nitrogen and oxygen atoms in total. The van der Waals surface area contributed by atoms with Crippen LogP contribution in [0.5, 0.6) is 0 Å². The van der Waals surface area contributed by atoms with Crippen molar-refractivity contribution in [2.45, 2.75) is 57.5 Å². The summed E-state index contributed by atoms with van der Waals surface area (Å²) in [4.78, 5) is 21.3. The van der Waals surface area contributed by atoms with Crippen LogP contribution in [0.25, 0.3) is 0 Å². The minimum absolute atomic E-state index is 0.144. The van der Waals surface area contributed by atoms with E-state index >= 15 is 0 Å². The van der Waals surface area contributed by atoms with Crippen LogP contribution in [0.2, 0.25) is 0 Å². The van der Waals surface area contributed by atoms with Crippen molar-refractivity contribution in [1.82, 2.24) is 10.6 Å². The van der Waals surface area contributed by atoms with Gasteiger partial charge in [-0.1, -0.05) is 20.3 Å². The molecule has 0 aliphatic carbocycles. The highest BCUT2D eigenvalue weighted by molar-refractivity contribution is 6.23. The normalized spacial score (nSPS) is 29.8. The van der Waals surface area contributed by atoms with Crippen molar-refractivity contribution in [2.75, 3.05) is 6.54 Å². The van der Waals surface area contributed by atoms with Gasteiger partial charge in [0.2, 0.25) is 6.29 Å². The van der Waals surface area contributed by atoms with Crippen molar-refractivity contribution < 1.29 is 9.59 Å². The van der Waals surface area contributed by atoms with Crippen molar-refractivity contribution >= 4 is 12.2 Å². The number of carbonyl (C=O) groups is 2. The highest BCUT2D eigenvalue weighted by atomic mass is 16.2. The summed E-state index contributed by atoms with van der Waals surface area (Å²) in [5.74, 6) is -0.492. The molecule has 0 radical (unpaired) electrons. The first-order chi connectivity index (χ1) is 7.65. The molecule has 2 unspecified atom stereocenters. The molecule has 92 valence electrons. The summed E-state index contributed by atoms with van der Waals surface area (Å²) in [6.45, 7) is 5.26. The Hall–Kier alpha value is -0.900. The zero-order valence-corrected chi connectivity index (χ0v) is 10.2. The molecular weight excluding hydrogens is 204 g/mol. The van der Waals surface area contributed by atoms with Crippen molar-refractivity contribution in [3.05, 3.63) is 0 Å². The van der Waals surface area contributed by atoms with Crippen LogP contribution in [-0.2, 0) is 9.59 Å². The van der Waals surface area contributed by atoms with Crippen LogP contribution in [0, 0.1) is 0 Å². The Labute approximate surface area is 97.2 Å². The van der Waals surface area contributed by atoms with Crippen molar-refractivity contribution in [3.63, 3.8) is 0 Å². The van der Waals surface area contributed by atoms with E-state index in [-0.39, 0.29) is 11.6 Å². The first-order valence-corrected chi connectivity index (χ1v) is 6.16. The van der Waals surface area contributed by atoms with E-state index in [0.29, 0.717) is 6.29 Å². The van der Waals surface area contributed by atoms with Gasteiger partial charge in [0.1, 0.15) is 0 Å². The zero-order chi connectivity index (χ0) is 12.0. The first-order valence-electron chi connectivity index (χ1n) is 6.16. The lowest BCUT2D eigenvalue weighted by Gasteiger charge is -2.41. The van der Waals surface area contributed by atoms with Gasteiger partial charge in [0, 0.05) is 11.6 Å². The standard InChI is InChI=1S/C12H22N2O2/c1-3-6-12(4-2)8-10(5-7-13-12)14-11(16)9-15/h9-10,13H,3-8H2,1-2H3,(H,14,16). The molecule has 1 saturated heterocycles. The fourth-order valence-corrected chi connectivity index (χ4v) is 2.63. The summed E-state index contributed by atoms with van der Waals surface area (Å²) in [5, 5.41) is 6.33. The first kappa shape index (κ1) is 13.2. The number of rotatable bonds is 5. The van der Waals surface area contributed by atoms with E-state index in [0.717, 1.165) is 38.6 Å². The lowest BCUT2D eigenvalue weighted by molar-refractivity contribution is -0.132. The quantitative estimate of drug-likeness (QED) is 0.543. The zero-order valence-electron chi connectivity index (χ0n) is 10.2. The molecule has 4 heteroatoms. The second-order valence-corrected chi connectivity index (χ2v) is 4.63. The molecule has 0 aromatic rings. The largest absolute Gasteiger partial charge is 0.347 e. The van der Waals surface area contributed by atoms with Gasteiger partial charge in [-0.05, 0) is 32.2 Å². The Morgan fingerprint density at radius 3 is 2.88 bits per heavy atom. The summed E-state index contributed by atoms with van der Waals surface area (Å²) in [5.41, 5.74) is 0.147. The van der Waals surface area contributed by atoms with E-state index in [1.54, 1.807) is 0 Å². The second-order valence-electron chi connectivity index (χ2n) is 4.63. The third-order valence-electron chi connectivity index (χ3n) is 3.49. The highest BCUT2D eigenvalue weighted by Crippen LogP contribution is 2.27. The number of hydrogen-bond donors (Lipinski definition) is 2. The number of hydrogen-bond acceptors (Lipinski definition) is 3. The number of piperidine rings is 1. The average molecular weight is 226 g/mol. The smallest absolute Gasteiger partial charge is 0.284 e. The van der Waals surface area contributed by atoms with Gasteiger partial charge < -0.3 is 10.6 Å². The van der Waals surface area contributed by atoms with Crippen molar-refractivity contribution in [3.8, 4) is 0 Å². The third-order valence-corrected chi connectivity index (χ3v) is 3.49. The Bertz CT molecular complexity index is 251. The van der Waals surface area contributed by atoms with E-state index < -0.39 is 5.91 Å². The topological polar surface area (TPSA) is 58.2 Å². The molecule has 1 aliphatic heterocycles. The molecule has 1 heterocycles. The molecule has 2 atom stereocenters. The summed E-state index contributed by atoms with van der Waals surface area (Å²) in [6, 6.07) is 0.144. The maximum absolute atomic E-state index is 11.0. The fraction of sp³-hybridized carbons (Fsp3) is 0.833. The van der Waals surface area contributed by atoms with E-state index in [1.165, 1.54) is 0 Å². The fourth-order valence-electron chi connectivity index (χ4n) is 2.63. The van der Waals surface area contributed by atoms with E-state index in [9.17, 15) is 9.59 Å². The lowest BCUT2D eigenvalue weighted by atomic mass is 9.80. The molecule has 1 rings (SSSR count). The third kappa shape index (κ3) is 3.30. The second kappa shape index (κ2) is 5.99. The summed E-state index contributed by atoms with van der Waals surface area (Å²) < 4.78 is 0. The van der Waals surface area contributed by atoms with Crippen LogP contribution in [-0.4, -0.2) is 30.3 Å². The SMILES string of the molecule is CCCC1(CC)CC(NC(=O)C=O)CCN1. The van der Waals surface area contributed by atoms with Gasteiger partial charge >= 0.3 is 0 Å². The molecule has 0 bridgehead atoms. The molecule has 1 aliphatic rings. The molecule has 0 aromatic carbocycles. The van der Waals surface area contributed by atoms with Crippen molar-refractivity contribution in [2.24, 2.45) is 0 Å². The number of aldehydes is 1. The van der Waals surface area contributed by atoms with Gasteiger partial charge in [-0.15, -0.1) is 0 Å². The van der Waals surface area contributed by atoms with Crippen LogP contribution >= 0.6 is 0 Å². The van der Waals surface area contributed by atoms with E-state index in [1.807, 2.05) is 0 Å². The Kier molecular flexibility index (Phi) is 4.93. The van der Waals surface area contributed by atoms with Crippen molar-refractivity contribution in [1.29, 1.82) is 0 Å². The Balaban J connectivity index is 2.56. The van der Waals surface area contributed by atoms with E-state index in [4.69, 9.17) is 0 Å². The van der Waals surface area contributed by atoms with Gasteiger partial charge in [-0.3, -0.25) is 9.59 Å². The average Bonchev–Trinajstić information content (AvgIpc) is 2.29. The molecule has 0 spiro atoms. The molecule has 0 aromatic heterocycles. The number of carbonyl (C=O) groups excluding carboxylic acids is 2. The van der Waals surface area contributed by atoms with Crippen LogP contribution in [0.1, 0.15) is 46.0 Å². The summed E-state index contributed by atoms with van der Waals surface area (Å²) >= 11 is 0. The minimum atomic E-state index is -0.492. The summed E-state index contributed by atoms with van der Waals surface area (Å²) in [6.07, 6.45) is 5.51. The molecule has 16 heavy (non-hydrogen) atoms. The number of amides is 1. The lowest BCUT2D eigenvalue weighted by Crippen LogP contribution is -2.56. The highest BCUT2D eigenvalue weighted by Gasteiger charge is 2.34. The summed E-state index contributed by atoms with van der Waals surface area (Å²) in [7, 11) is 0. The molecule has 1 fully saturated rings. The van der Waals surface area contributed by atoms with Gasteiger partial charge in [-0.2, -0.15) is 0 Å². The predicted octanol–water partition coefficient (Wildman–Crippen LogP) is 1.00.